The summed E-state index contributed by atoms with van der Waals surface area (Å²) in [4.78, 5) is 16.2. The number of hydrogen-bond acceptors (Lipinski definition) is 3. The van der Waals surface area contributed by atoms with Crippen molar-refractivity contribution in [2.75, 3.05) is 6.54 Å². The molecule has 0 aliphatic carbocycles. The summed E-state index contributed by atoms with van der Waals surface area (Å²) in [5.74, 6) is 0.0927. The van der Waals surface area contributed by atoms with E-state index in [1.807, 2.05) is 22.9 Å². The van der Waals surface area contributed by atoms with Crippen LogP contribution in [0.4, 0.5) is 0 Å². The average Bonchev–Trinajstić information content (AvgIpc) is 3.04. The molecule has 21 heavy (non-hydrogen) atoms. The fourth-order valence-corrected chi connectivity index (χ4v) is 2.66. The van der Waals surface area contributed by atoms with E-state index in [-0.39, 0.29) is 11.9 Å². The number of aryl methyl sites for hydroxylation is 1. The Kier molecular flexibility index (Phi) is 4.31. The molecule has 0 saturated carbocycles. The van der Waals surface area contributed by atoms with Crippen LogP contribution in [-0.4, -0.2) is 28.0 Å². The van der Waals surface area contributed by atoms with Gasteiger partial charge >= 0.3 is 0 Å². The first-order valence-electron chi connectivity index (χ1n) is 7.36. The maximum atomic E-state index is 12.2. The van der Waals surface area contributed by atoms with Crippen molar-refractivity contribution in [3.63, 3.8) is 0 Å². The molecule has 5 nitrogen and oxygen atoms in total. The number of amides is 1. The van der Waals surface area contributed by atoms with Crippen LogP contribution in [0.2, 0.25) is 0 Å². The zero-order chi connectivity index (χ0) is 14.5. The molecule has 0 saturated heterocycles. The van der Waals surface area contributed by atoms with Gasteiger partial charge < -0.3 is 15.2 Å². The molecule has 0 radical (unpaired) electrons. The first-order chi connectivity index (χ1) is 10.3. The summed E-state index contributed by atoms with van der Waals surface area (Å²) >= 11 is 0. The largest absolute Gasteiger partial charge is 0.355 e. The van der Waals surface area contributed by atoms with Crippen molar-refractivity contribution in [2.24, 2.45) is 0 Å². The topological polar surface area (TPSA) is 59.0 Å². The number of fused-ring (bicyclic) bond motifs is 1. The Bertz CT molecular complexity index is 594. The van der Waals surface area contributed by atoms with Crippen molar-refractivity contribution >= 4 is 5.91 Å². The highest BCUT2D eigenvalue weighted by atomic mass is 16.2. The maximum Gasteiger partial charge on any atom is 0.237 e. The number of carbonyl (C=O) groups is 1. The number of hydrogen-bond donors (Lipinski definition) is 2. The molecule has 1 aliphatic heterocycles. The Morgan fingerprint density at radius 3 is 3.05 bits per heavy atom. The summed E-state index contributed by atoms with van der Waals surface area (Å²) in [6.45, 7) is 2.33. The Balaban J connectivity index is 1.44. The Hall–Kier alpha value is -2.14. The molecular formula is C16H20N4O. The summed E-state index contributed by atoms with van der Waals surface area (Å²) in [6, 6.07) is 8.17. The van der Waals surface area contributed by atoms with Crippen LogP contribution in [-0.2, 0) is 24.3 Å². The molecule has 1 aromatic carbocycles. The molecule has 0 bridgehead atoms. The van der Waals surface area contributed by atoms with Gasteiger partial charge in [-0.1, -0.05) is 24.3 Å². The number of nitrogens with zero attached hydrogens (tertiary/aromatic N) is 2. The molecule has 1 aromatic heterocycles. The van der Waals surface area contributed by atoms with Crippen LogP contribution in [0, 0.1) is 0 Å². The van der Waals surface area contributed by atoms with Gasteiger partial charge in [-0.05, 0) is 24.0 Å². The van der Waals surface area contributed by atoms with Gasteiger partial charge in [-0.25, -0.2) is 4.98 Å². The van der Waals surface area contributed by atoms with Crippen LogP contribution < -0.4 is 10.6 Å². The maximum absolute atomic E-state index is 12.2. The van der Waals surface area contributed by atoms with E-state index in [1.54, 1.807) is 12.5 Å². The number of benzene rings is 1. The lowest BCUT2D eigenvalue weighted by Gasteiger charge is -2.25. The zero-order valence-corrected chi connectivity index (χ0v) is 12.0. The van der Waals surface area contributed by atoms with Crippen molar-refractivity contribution in [2.45, 2.75) is 32.0 Å². The molecule has 2 heterocycles. The smallest absolute Gasteiger partial charge is 0.237 e. The highest BCUT2D eigenvalue weighted by Crippen LogP contribution is 2.16. The highest BCUT2D eigenvalue weighted by molar-refractivity contribution is 5.82. The van der Waals surface area contributed by atoms with Crippen LogP contribution in [0.25, 0.3) is 0 Å². The monoisotopic (exact) mass is 284 g/mol. The predicted molar refractivity (Wildman–Crippen MR) is 80.6 cm³/mol. The molecular weight excluding hydrogens is 264 g/mol. The van der Waals surface area contributed by atoms with Gasteiger partial charge in [0, 0.05) is 32.0 Å². The van der Waals surface area contributed by atoms with Crippen LogP contribution in [0.15, 0.2) is 43.0 Å². The lowest BCUT2D eigenvalue weighted by molar-refractivity contribution is -0.123. The molecule has 110 valence electrons. The van der Waals surface area contributed by atoms with E-state index in [4.69, 9.17) is 0 Å². The third-order valence-electron chi connectivity index (χ3n) is 3.85. The number of aromatic nitrogens is 2. The van der Waals surface area contributed by atoms with Crippen molar-refractivity contribution in [1.82, 2.24) is 20.2 Å². The molecule has 1 atom stereocenters. The summed E-state index contributed by atoms with van der Waals surface area (Å²) < 4.78 is 2.02. The summed E-state index contributed by atoms with van der Waals surface area (Å²) in [7, 11) is 0. The molecule has 1 aliphatic rings. The lowest BCUT2D eigenvalue weighted by atomic mass is 9.95. The van der Waals surface area contributed by atoms with Gasteiger partial charge in [0.25, 0.3) is 0 Å². The zero-order valence-electron chi connectivity index (χ0n) is 12.0. The quantitative estimate of drug-likeness (QED) is 0.809. The van der Waals surface area contributed by atoms with Crippen LogP contribution in [0.5, 0.6) is 0 Å². The van der Waals surface area contributed by atoms with Gasteiger partial charge in [-0.2, -0.15) is 0 Å². The molecule has 2 N–H and O–H groups in total. The third kappa shape index (κ3) is 3.49. The Morgan fingerprint density at radius 1 is 1.38 bits per heavy atom. The minimum atomic E-state index is -0.117. The molecule has 2 aromatic rings. The van der Waals surface area contributed by atoms with Gasteiger partial charge in [-0.3, -0.25) is 4.79 Å². The SMILES string of the molecule is O=C(NCCCn1ccnc1)[C@H]1Cc2ccccc2CN1. The van der Waals surface area contributed by atoms with E-state index in [1.165, 1.54) is 11.1 Å². The molecule has 1 amide bonds. The van der Waals surface area contributed by atoms with Gasteiger partial charge in [0.1, 0.15) is 0 Å². The Morgan fingerprint density at radius 2 is 2.24 bits per heavy atom. The second kappa shape index (κ2) is 6.54. The second-order valence-electron chi connectivity index (χ2n) is 5.35. The fourth-order valence-electron chi connectivity index (χ4n) is 2.66. The van der Waals surface area contributed by atoms with Crippen LogP contribution in [0.3, 0.4) is 0 Å². The molecule has 0 spiro atoms. The normalized spacial score (nSPS) is 17.2. The van der Waals surface area contributed by atoms with Crippen molar-refractivity contribution in [3.05, 3.63) is 54.1 Å². The number of nitrogens with one attached hydrogen (secondary N) is 2. The number of carbonyl (C=O) groups excluding carboxylic acids is 1. The van der Waals surface area contributed by atoms with Crippen molar-refractivity contribution in [1.29, 1.82) is 0 Å². The van der Waals surface area contributed by atoms with E-state index >= 15 is 0 Å². The third-order valence-corrected chi connectivity index (χ3v) is 3.85. The predicted octanol–water partition coefficient (Wildman–Crippen LogP) is 1.10. The van der Waals surface area contributed by atoms with Crippen molar-refractivity contribution in [3.8, 4) is 0 Å². The number of imidazole rings is 1. The summed E-state index contributed by atoms with van der Waals surface area (Å²) in [6.07, 6.45) is 7.17. The van der Waals surface area contributed by atoms with Crippen molar-refractivity contribution < 1.29 is 4.79 Å². The van der Waals surface area contributed by atoms with E-state index in [0.29, 0.717) is 6.54 Å². The van der Waals surface area contributed by atoms with Gasteiger partial charge in [0.2, 0.25) is 5.91 Å². The minimum absolute atomic E-state index is 0.0927. The summed E-state index contributed by atoms with van der Waals surface area (Å²) in [5.41, 5.74) is 2.57. The first-order valence-corrected chi connectivity index (χ1v) is 7.36. The fraction of sp³-hybridized carbons (Fsp3) is 0.375. The van der Waals surface area contributed by atoms with Gasteiger partial charge in [-0.15, -0.1) is 0 Å². The van der Waals surface area contributed by atoms with Gasteiger partial charge in [0.05, 0.1) is 12.4 Å². The van der Waals surface area contributed by atoms with E-state index in [2.05, 4.69) is 27.8 Å². The van der Waals surface area contributed by atoms with E-state index in [0.717, 1.165) is 25.9 Å². The standard InChI is InChI=1S/C16H20N4O/c21-16(18-6-3-8-20-9-7-17-12-20)15-10-13-4-1-2-5-14(13)11-19-15/h1-2,4-5,7,9,12,15,19H,3,6,8,10-11H2,(H,18,21)/t15-/m1/s1. The highest BCUT2D eigenvalue weighted by Gasteiger charge is 2.23. The first kappa shape index (κ1) is 13.8. The Labute approximate surface area is 124 Å². The average molecular weight is 284 g/mol. The molecule has 0 fully saturated rings. The summed E-state index contributed by atoms with van der Waals surface area (Å²) in [5, 5.41) is 6.31. The molecule has 5 heteroatoms. The molecule has 3 rings (SSSR count). The molecule has 0 unspecified atom stereocenters. The van der Waals surface area contributed by atoms with Crippen LogP contribution >= 0.6 is 0 Å². The minimum Gasteiger partial charge on any atom is -0.355 e. The van der Waals surface area contributed by atoms with E-state index in [9.17, 15) is 4.79 Å². The second-order valence-corrected chi connectivity index (χ2v) is 5.35. The van der Waals surface area contributed by atoms with Gasteiger partial charge in [0.15, 0.2) is 0 Å². The number of rotatable bonds is 5. The van der Waals surface area contributed by atoms with E-state index < -0.39 is 0 Å². The lowest BCUT2D eigenvalue weighted by Crippen LogP contribution is -2.47. The van der Waals surface area contributed by atoms with Crippen LogP contribution in [0.1, 0.15) is 17.5 Å².